The molecule has 0 aliphatic carbocycles. The quantitative estimate of drug-likeness (QED) is 0.769. The van der Waals surface area contributed by atoms with Crippen LogP contribution >= 0.6 is 0 Å². The number of aryl methyl sites for hydroxylation is 1. The van der Waals surface area contributed by atoms with Gasteiger partial charge in [-0.3, -0.25) is 4.98 Å². The van der Waals surface area contributed by atoms with Gasteiger partial charge in [-0.05, 0) is 32.3 Å². The Balaban J connectivity index is 1.65. The maximum Gasteiger partial charge on any atom is 0.225 e. The zero-order valence-electron chi connectivity index (χ0n) is 14.6. The van der Waals surface area contributed by atoms with Gasteiger partial charge >= 0.3 is 0 Å². The van der Waals surface area contributed by atoms with Crippen LogP contribution in [0.25, 0.3) is 0 Å². The minimum absolute atomic E-state index is 0.0634. The van der Waals surface area contributed by atoms with Gasteiger partial charge in [0, 0.05) is 43.1 Å². The molecular formula is C18H20N8. The van der Waals surface area contributed by atoms with Crippen molar-refractivity contribution < 1.29 is 0 Å². The van der Waals surface area contributed by atoms with Gasteiger partial charge in [0.25, 0.3) is 0 Å². The van der Waals surface area contributed by atoms with Crippen LogP contribution in [0.1, 0.15) is 36.8 Å². The van der Waals surface area contributed by atoms with Gasteiger partial charge in [0.1, 0.15) is 11.6 Å². The van der Waals surface area contributed by atoms with Crippen molar-refractivity contribution in [3.8, 4) is 0 Å². The maximum atomic E-state index is 4.74. The second-order valence-corrected chi connectivity index (χ2v) is 6.22. The molecule has 0 radical (unpaired) electrons. The Morgan fingerprint density at radius 1 is 1.00 bits per heavy atom. The molecule has 8 heteroatoms. The molecule has 3 aromatic rings. The van der Waals surface area contributed by atoms with Crippen LogP contribution in [-0.2, 0) is 0 Å². The van der Waals surface area contributed by atoms with E-state index in [1.54, 1.807) is 31.0 Å². The predicted octanol–water partition coefficient (Wildman–Crippen LogP) is 2.84. The summed E-state index contributed by atoms with van der Waals surface area (Å²) in [6.07, 6.45) is 11.7. The highest BCUT2D eigenvalue weighted by molar-refractivity contribution is 5.50. The van der Waals surface area contributed by atoms with Crippen LogP contribution in [-0.4, -0.2) is 36.4 Å². The SMILES string of the molecule is Cc1cc(Nc2cnccn2)nc([C@H]2CCCCN2c2ncccn2)n1. The minimum atomic E-state index is 0.0634. The van der Waals surface area contributed by atoms with Gasteiger partial charge < -0.3 is 10.2 Å². The van der Waals surface area contributed by atoms with Gasteiger partial charge in [0.2, 0.25) is 5.95 Å². The third kappa shape index (κ3) is 3.58. The fourth-order valence-corrected chi connectivity index (χ4v) is 3.18. The highest BCUT2D eigenvalue weighted by atomic mass is 15.3. The number of nitrogens with one attached hydrogen (secondary N) is 1. The first kappa shape index (κ1) is 16.3. The van der Waals surface area contributed by atoms with Crippen molar-refractivity contribution >= 4 is 17.6 Å². The first-order chi connectivity index (χ1) is 12.8. The summed E-state index contributed by atoms with van der Waals surface area (Å²) in [7, 11) is 0. The Bertz CT molecular complexity index is 856. The third-order valence-corrected chi connectivity index (χ3v) is 4.30. The summed E-state index contributed by atoms with van der Waals surface area (Å²) >= 11 is 0. The van der Waals surface area contributed by atoms with E-state index in [-0.39, 0.29) is 6.04 Å². The molecule has 0 bridgehead atoms. The molecule has 1 N–H and O–H groups in total. The Kier molecular flexibility index (Phi) is 4.63. The smallest absolute Gasteiger partial charge is 0.225 e. The molecule has 0 saturated carbocycles. The summed E-state index contributed by atoms with van der Waals surface area (Å²) in [5.41, 5.74) is 0.904. The topological polar surface area (TPSA) is 92.6 Å². The van der Waals surface area contributed by atoms with E-state index in [4.69, 9.17) is 9.97 Å². The van der Waals surface area contributed by atoms with Crippen molar-refractivity contribution in [2.45, 2.75) is 32.2 Å². The number of anilines is 3. The summed E-state index contributed by atoms with van der Waals surface area (Å²) < 4.78 is 0. The summed E-state index contributed by atoms with van der Waals surface area (Å²) in [5.74, 6) is 2.88. The molecule has 8 nitrogen and oxygen atoms in total. The molecule has 0 unspecified atom stereocenters. The van der Waals surface area contributed by atoms with Crippen LogP contribution in [0, 0.1) is 6.92 Å². The molecule has 4 heterocycles. The van der Waals surface area contributed by atoms with Crippen molar-refractivity contribution in [1.82, 2.24) is 29.9 Å². The molecule has 0 amide bonds. The van der Waals surface area contributed by atoms with Crippen LogP contribution in [0.15, 0.2) is 43.1 Å². The van der Waals surface area contributed by atoms with E-state index in [0.29, 0.717) is 11.6 Å². The van der Waals surface area contributed by atoms with Crippen LogP contribution in [0.3, 0.4) is 0 Å². The molecule has 0 spiro atoms. The lowest BCUT2D eigenvalue weighted by Crippen LogP contribution is -2.35. The lowest BCUT2D eigenvalue weighted by atomic mass is 10.0. The number of nitrogens with zero attached hydrogens (tertiary/aromatic N) is 7. The van der Waals surface area contributed by atoms with Crippen molar-refractivity contribution in [2.24, 2.45) is 0 Å². The first-order valence-electron chi connectivity index (χ1n) is 8.72. The van der Waals surface area contributed by atoms with Crippen LogP contribution < -0.4 is 10.2 Å². The lowest BCUT2D eigenvalue weighted by molar-refractivity contribution is 0.449. The number of rotatable bonds is 4. The van der Waals surface area contributed by atoms with Gasteiger partial charge in [-0.1, -0.05) is 0 Å². The van der Waals surface area contributed by atoms with Gasteiger partial charge in [-0.15, -0.1) is 0 Å². The van der Waals surface area contributed by atoms with Crippen LogP contribution in [0.2, 0.25) is 0 Å². The van der Waals surface area contributed by atoms with E-state index >= 15 is 0 Å². The van der Waals surface area contributed by atoms with E-state index < -0.39 is 0 Å². The fourth-order valence-electron chi connectivity index (χ4n) is 3.18. The molecule has 0 aromatic carbocycles. The standard InChI is InChI=1S/C18H20N8/c1-13-11-15(24-16-12-19-8-9-20-16)25-17(23-13)14-5-2-3-10-26(14)18-21-6-4-7-22-18/h4,6-9,11-12,14H,2-3,5,10H2,1H3,(H,20,23,24,25)/t14-/m1/s1. The summed E-state index contributed by atoms with van der Waals surface area (Å²) in [6, 6.07) is 3.80. The van der Waals surface area contributed by atoms with Gasteiger partial charge in [-0.2, -0.15) is 0 Å². The molecule has 1 aliphatic rings. The summed E-state index contributed by atoms with van der Waals surface area (Å²) in [6.45, 7) is 2.87. The maximum absolute atomic E-state index is 4.74. The van der Waals surface area contributed by atoms with E-state index in [1.807, 2.05) is 19.1 Å². The highest BCUT2D eigenvalue weighted by Gasteiger charge is 2.28. The molecular weight excluding hydrogens is 328 g/mol. The zero-order valence-corrected chi connectivity index (χ0v) is 14.6. The molecule has 1 fully saturated rings. The van der Waals surface area contributed by atoms with E-state index in [1.165, 1.54) is 0 Å². The fraction of sp³-hybridized carbons (Fsp3) is 0.333. The third-order valence-electron chi connectivity index (χ3n) is 4.30. The van der Waals surface area contributed by atoms with Crippen LogP contribution in [0.4, 0.5) is 17.6 Å². The minimum Gasteiger partial charge on any atom is -0.331 e. The van der Waals surface area contributed by atoms with Crippen molar-refractivity contribution in [3.63, 3.8) is 0 Å². The predicted molar refractivity (Wildman–Crippen MR) is 98.1 cm³/mol. The molecule has 3 aromatic heterocycles. The summed E-state index contributed by atoms with van der Waals surface area (Å²) in [4.78, 5) is 28.8. The Morgan fingerprint density at radius 2 is 1.88 bits per heavy atom. The molecule has 26 heavy (non-hydrogen) atoms. The lowest BCUT2D eigenvalue weighted by Gasteiger charge is -2.34. The van der Waals surface area contributed by atoms with E-state index in [0.717, 1.165) is 43.3 Å². The molecule has 4 rings (SSSR count). The molecule has 132 valence electrons. The highest BCUT2D eigenvalue weighted by Crippen LogP contribution is 2.32. The van der Waals surface area contributed by atoms with E-state index in [2.05, 4.69) is 30.2 Å². The molecule has 1 atom stereocenters. The zero-order chi connectivity index (χ0) is 17.8. The van der Waals surface area contributed by atoms with Gasteiger partial charge in [0.05, 0.1) is 12.2 Å². The second kappa shape index (κ2) is 7.38. The number of hydrogen-bond acceptors (Lipinski definition) is 8. The van der Waals surface area contributed by atoms with Crippen molar-refractivity contribution in [1.29, 1.82) is 0 Å². The molecule has 1 aliphatic heterocycles. The van der Waals surface area contributed by atoms with Crippen molar-refractivity contribution in [3.05, 3.63) is 54.6 Å². The van der Waals surface area contributed by atoms with Gasteiger partial charge in [-0.25, -0.2) is 24.9 Å². The van der Waals surface area contributed by atoms with Gasteiger partial charge in [0.15, 0.2) is 5.82 Å². The Labute approximate surface area is 151 Å². The van der Waals surface area contributed by atoms with Crippen LogP contribution in [0.5, 0.6) is 0 Å². The second-order valence-electron chi connectivity index (χ2n) is 6.22. The first-order valence-corrected chi connectivity index (χ1v) is 8.72. The summed E-state index contributed by atoms with van der Waals surface area (Å²) in [5, 5.41) is 3.20. The molecule has 1 saturated heterocycles. The number of piperidine rings is 1. The van der Waals surface area contributed by atoms with E-state index in [9.17, 15) is 0 Å². The Hall–Kier alpha value is -3.16. The normalized spacial score (nSPS) is 17.1. The van der Waals surface area contributed by atoms with Crippen molar-refractivity contribution in [2.75, 3.05) is 16.8 Å². The largest absolute Gasteiger partial charge is 0.331 e. The average molecular weight is 348 g/mol. The number of aromatic nitrogens is 6. The average Bonchev–Trinajstić information content (AvgIpc) is 2.69. The number of hydrogen-bond donors (Lipinski definition) is 1. The monoisotopic (exact) mass is 348 g/mol. The Morgan fingerprint density at radius 3 is 2.69 bits per heavy atom.